The highest BCUT2D eigenvalue weighted by Crippen LogP contribution is 2.44. The van der Waals surface area contributed by atoms with Crippen LogP contribution in [-0.2, 0) is 0 Å². The van der Waals surface area contributed by atoms with Crippen LogP contribution in [0.1, 0.15) is 5.56 Å². The van der Waals surface area contributed by atoms with Crippen LogP contribution < -0.4 is 0 Å². The van der Waals surface area contributed by atoms with Gasteiger partial charge in [-0.25, -0.2) is 0 Å². The zero-order valence-electron chi connectivity index (χ0n) is 20.5. The van der Waals surface area contributed by atoms with Crippen LogP contribution in [0, 0.1) is 11.3 Å². The molecule has 2 aromatic heterocycles. The second kappa shape index (κ2) is 7.83. The Hall–Kier alpha value is -5.33. The highest BCUT2D eigenvalue weighted by Gasteiger charge is 2.21. The molecule has 0 bridgehead atoms. The number of rotatable bonds is 3. The van der Waals surface area contributed by atoms with Crippen LogP contribution in [0.2, 0.25) is 0 Å². The molecular formula is C35H21N3. The summed E-state index contributed by atoms with van der Waals surface area (Å²) >= 11 is 0. The summed E-state index contributed by atoms with van der Waals surface area (Å²) in [4.78, 5) is 0. The predicted molar refractivity (Wildman–Crippen MR) is 156 cm³/mol. The molecule has 176 valence electrons. The van der Waals surface area contributed by atoms with Gasteiger partial charge in [0.2, 0.25) is 0 Å². The molecule has 0 N–H and O–H groups in total. The van der Waals surface area contributed by atoms with Crippen LogP contribution in [-0.4, -0.2) is 9.13 Å². The summed E-state index contributed by atoms with van der Waals surface area (Å²) in [7, 11) is 0. The van der Waals surface area contributed by atoms with Gasteiger partial charge in [0.05, 0.1) is 28.2 Å². The van der Waals surface area contributed by atoms with E-state index in [0.717, 1.165) is 22.5 Å². The van der Waals surface area contributed by atoms with E-state index in [0.29, 0.717) is 5.56 Å². The van der Waals surface area contributed by atoms with E-state index < -0.39 is 0 Å². The van der Waals surface area contributed by atoms with Crippen LogP contribution in [0.25, 0.3) is 66.0 Å². The number of benzene rings is 6. The molecule has 0 radical (unpaired) electrons. The molecule has 0 spiro atoms. The van der Waals surface area contributed by atoms with E-state index in [1.807, 2.05) is 18.2 Å². The third-order valence-electron chi connectivity index (χ3n) is 7.71. The smallest absolute Gasteiger partial charge is 0.0991 e. The Kier molecular flexibility index (Phi) is 4.29. The minimum absolute atomic E-state index is 0.668. The number of nitriles is 1. The SMILES string of the molecule is N#Cc1cccc(-c2cccc(-n3c4cccc5c6ccn(-c7ccccc7)c6c6cccc3c6c54)c2)c1. The lowest BCUT2D eigenvalue weighted by Crippen LogP contribution is -1.94. The van der Waals surface area contributed by atoms with Gasteiger partial charge in [-0.1, -0.05) is 66.7 Å². The largest absolute Gasteiger partial charge is 0.316 e. The first-order valence-corrected chi connectivity index (χ1v) is 12.8. The zero-order chi connectivity index (χ0) is 25.2. The van der Waals surface area contributed by atoms with Crippen LogP contribution >= 0.6 is 0 Å². The molecule has 3 heteroatoms. The van der Waals surface area contributed by atoms with Gasteiger partial charge in [0.1, 0.15) is 0 Å². The van der Waals surface area contributed by atoms with E-state index in [9.17, 15) is 5.26 Å². The van der Waals surface area contributed by atoms with Crippen molar-refractivity contribution in [2.24, 2.45) is 0 Å². The molecule has 0 amide bonds. The summed E-state index contributed by atoms with van der Waals surface area (Å²) in [6.45, 7) is 0. The number of hydrogen-bond acceptors (Lipinski definition) is 1. The number of fused-ring (bicyclic) bond motifs is 3. The number of para-hydroxylation sites is 1. The van der Waals surface area contributed by atoms with Gasteiger partial charge in [-0.3, -0.25) is 0 Å². The van der Waals surface area contributed by atoms with Crippen molar-refractivity contribution in [3.05, 3.63) is 133 Å². The second-order valence-corrected chi connectivity index (χ2v) is 9.76. The van der Waals surface area contributed by atoms with Crippen molar-refractivity contribution in [2.45, 2.75) is 0 Å². The van der Waals surface area contributed by atoms with Gasteiger partial charge >= 0.3 is 0 Å². The molecule has 38 heavy (non-hydrogen) atoms. The monoisotopic (exact) mass is 483 g/mol. The van der Waals surface area contributed by atoms with Gasteiger partial charge in [0.15, 0.2) is 0 Å². The van der Waals surface area contributed by atoms with Crippen molar-refractivity contribution in [3.8, 4) is 28.6 Å². The highest BCUT2D eigenvalue weighted by atomic mass is 15.0. The molecule has 0 fully saturated rings. The highest BCUT2D eigenvalue weighted by molar-refractivity contribution is 6.34. The Morgan fingerprint density at radius 1 is 0.526 bits per heavy atom. The molecule has 0 saturated carbocycles. The van der Waals surface area contributed by atoms with E-state index in [1.165, 1.54) is 43.5 Å². The molecule has 0 atom stereocenters. The van der Waals surface area contributed by atoms with Crippen LogP contribution in [0.4, 0.5) is 0 Å². The van der Waals surface area contributed by atoms with Crippen molar-refractivity contribution in [3.63, 3.8) is 0 Å². The van der Waals surface area contributed by atoms with Crippen LogP contribution in [0.15, 0.2) is 128 Å². The second-order valence-electron chi connectivity index (χ2n) is 9.76. The fourth-order valence-electron chi connectivity index (χ4n) is 6.13. The van der Waals surface area contributed by atoms with Crippen molar-refractivity contribution < 1.29 is 0 Å². The first-order valence-electron chi connectivity index (χ1n) is 12.8. The van der Waals surface area contributed by atoms with E-state index in [-0.39, 0.29) is 0 Å². The van der Waals surface area contributed by atoms with Gasteiger partial charge in [-0.05, 0) is 71.1 Å². The summed E-state index contributed by atoms with van der Waals surface area (Å²) in [5, 5.41) is 15.8. The quantitative estimate of drug-likeness (QED) is 0.231. The molecule has 0 saturated heterocycles. The van der Waals surface area contributed by atoms with Crippen LogP contribution in [0.5, 0.6) is 0 Å². The molecule has 0 aliphatic carbocycles. The Labute approximate surface area is 219 Å². The van der Waals surface area contributed by atoms with Gasteiger partial charge in [-0.2, -0.15) is 5.26 Å². The van der Waals surface area contributed by atoms with Gasteiger partial charge in [-0.15, -0.1) is 0 Å². The minimum atomic E-state index is 0.668. The van der Waals surface area contributed by atoms with Gasteiger partial charge < -0.3 is 9.13 Å². The Morgan fingerprint density at radius 3 is 1.97 bits per heavy atom. The lowest BCUT2D eigenvalue weighted by atomic mass is 9.98. The average Bonchev–Trinajstić information content (AvgIpc) is 3.58. The summed E-state index contributed by atoms with van der Waals surface area (Å²) in [5.74, 6) is 0. The molecule has 2 heterocycles. The number of hydrogen-bond donors (Lipinski definition) is 0. The summed E-state index contributed by atoms with van der Waals surface area (Å²) in [5.41, 5.74) is 8.70. The average molecular weight is 484 g/mol. The molecular weight excluding hydrogens is 462 g/mol. The van der Waals surface area contributed by atoms with E-state index >= 15 is 0 Å². The maximum Gasteiger partial charge on any atom is 0.0991 e. The number of nitrogens with zero attached hydrogens (tertiary/aromatic N) is 3. The van der Waals surface area contributed by atoms with Crippen LogP contribution in [0.3, 0.4) is 0 Å². The third kappa shape index (κ3) is 2.83. The van der Waals surface area contributed by atoms with E-state index in [1.54, 1.807) is 0 Å². The Bertz CT molecular complexity index is 2190. The zero-order valence-corrected chi connectivity index (χ0v) is 20.5. The third-order valence-corrected chi connectivity index (χ3v) is 7.71. The molecule has 3 nitrogen and oxygen atoms in total. The molecule has 8 rings (SSSR count). The lowest BCUT2D eigenvalue weighted by molar-refractivity contribution is 1.13. The topological polar surface area (TPSA) is 33.6 Å². The van der Waals surface area contributed by atoms with Gasteiger partial charge in [0.25, 0.3) is 0 Å². The summed E-state index contributed by atoms with van der Waals surface area (Å²) in [6.07, 6.45) is 2.19. The summed E-state index contributed by atoms with van der Waals surface area (Å²) in [6, 6.07) is 44.8. The molecule has 0 aliphatic rings. The fourth-order valence-corrected chi connectivity index (χ4v) is 6.13. The maximum absolute atomic E-state index is 9.40. The lowest BCUT2D eigenvalue weighted by Gasteiger charge is -2.11. The van der Waals surface area contributed by atoms with Gasteiger partial charge in [0, 0.05) is 39.1 Å². The molecule has 0 aliphatic heterocycles. The van der Waals surface area contributed by atoms with Crippen molar-refractivity contribution in [2.75, 3.05) is 0 Å². The minimum Gasteiger partial charge on any atom is -0.316 e. The molecule has 8 aromatic rings. The molecule has 6 aromatic carbocycles. The standard InChI is InChI=1S/C35H21N3/c36-22-23-8-4-9-24(20-23)25-10-5-13-27(21-25)38-31-16-6-14-28-29-18-19-37(26-11-2-1-3-12-26)35(29)30-15-7-17-32(38)34(30)33(28)31/h1-21H. The maximum atomic E-state index is 9.40. The number of aromatic nitrogens is 2. The van der Waals surface area contributed by atoms with E-state index in [4.69, 9.17) is 0 Å². The first-order chi connectivity index (χ1) is 18.8. The van der Waals surface area contributed by atoms with E-state index in [2.05, 4.69) is 125 Å². The first kappa shape index (κ1) is 20.8. The predicted octanol–water partition coefficient (Wildman–Crippen LogP) is 8.86. The molecule has 0 unspecified atom stereocenters. The Morgan fingerprint density at radius 2 is 1.18 bits per heavy atom. The Balaban J connectivity index is 1.46. The normalized spacial score (nSPS) is 11.7. The fraction of sp³-hybridized carbons (Fsp3) is 0. The van der Waals surface area contributed by atoms with Crippen molar-refractivity contribution >= 4 is 43.5 Å². The van der Waals surface area contributed by atoms with Crippen molar-refractivity contribution in [1.82, 2.24) is 9.13 Å². The van der Waals surface area contributed by atoms with Crippen molar-refractivity contribution in [1.29, 1.82) is 5.26 Å². The summed E-state index contributed by atoms with van der Waals surface area (Å²) < 4.78 is 4.69.